The highest BCUT2D eigenvalue weighted by Crippen LogP contribution is 2.25. The maximum absolute atomic E-state index is 13.7. The zero-order valence-electron chi connectivity index (χ0n) is 14.9. The third-order valence-electron chi connectivity index (χ3n) is 4.79. The number of amides is 1. The Morgan fingerprint density at radius 2 is 1.82 bits per heavy atom. The van der Waals surface area contributed by atoms with E-state index >= 15 is 0 Å². The molecule has 0 saturated carbocycles. The van der Waals surface area contributed by atoms with Crippen LogP contribution in [0.25, 0.3) is 5.69 Å². The van der Waals surface area contributed by atoms with Gasteiger partial charge in [-0.2, -0.15) is 4.68 Å². The quantitative estimate of drug-likeness (QED) is 0.749. The topological polar surface area (TPSA) is 75.9 Å². The van der Waals surface area contributed by atoms with E-state index in [-0.39, 0.29) is 17.5 Å². The zero-order chi connectivity index (χ0) is 19.5. The van der Waals surface area contributed by atoms with Gasteiger partial charge < -0.3 is 10.2 Å². The number of nitrogens with one attached hydrogen (secondary N) is 1. The van der Waals surface area contributed by atoms with Crippen LogP contribution in [0.15, 0.2) is 48.5 Å². The Balaban J connectivity index is 1.40. The normalized spacial score (nSPS) is 14.9. The average Bonchev–Trinajstić information content (AvgIpc) is 3.21. The van der Waals surface area contributed by atoms with E-state index in [1.54, 1.807) is 4.68 Å². The minimum absolute atomic E-state index is 0.0122. The van der Waals surface area contributed by atoms with Gasteiger partial charge in [0, 0.05) is 25.1 Å². The summed E-state index contributed by atoms with van der Waals surface area (Å²) in [4.78, 5) is 14.5. The molecule has 0 aliphatic carbocycles. The van der Waals surface area contributed by atoms with E-state index in [9.17, 15) is 13.6 Å². The van der Waals surface area contributed by atoms with Gasteiger partial charge in [-0.1, -0.05) is 23.3 Å². The highest BCUT2D eigenvalue weighted by atomic mass is 19.1. The summed E-state index contributed by atoms with van der Waals surface area (Å²) in [5, 5.41) is 14.5. The first-order valence-electron chi connectivity index (χ1n) is 8.96. The molecule has 1 N–H and O–H groups in total. The molecule has 7 nitrogen and oxygen atoms in total. The molecule has 1 saturated heterocycles. The van der Waals surface area contributed by atoms with Crippen molar-refractivity contribution < 1.29 is 13.6 Å². The zero-order valence-corrected chi connectivity index (χ0v) is 14.9. The molecule has 0 atom stereocenters. The van der Waals surface area contributed by atoms with E-state index in [0.29, 0.717) is 31.9 Å². The maximum atomic E-state index is 13.7. The lowest BCUT2D eigenvalue weighted by Gasteiger charge is -2.31. The van der Waals surface area contributed by atoms with Crippen LogP contribution in [0.2, 0.25) is 0 Å². The fourth-order valence-corrected chi connectivity index (χ4v) is 3.28. The lowest BCUT2D eigenvalue weighted by atomic mass is 9.96. The van der Waals surface area contributed by atoms with Crippen molar-refractivity contribution in [2.24, 2.45) is 5.92 Å². The number of anilines is 2. The summed E-state index contributed by atoms with van der Waals surface area (Å²) in [6.45, 7) is 1.19. The molecular formula is C19H18F2N6O. The number of halogens is 2. The van der Waals surface area contributed by atoms with Crippen molar-refractivity contribution in [3.8, 4) is 5.69 Å². The van der Waals surface area contributed by atoms with Crippen LogP contribution in [-0.2, 0) is 4.79 Å². The molecule has 0 bridgehead atoms. The number of para-hydroxylation sites is 1. The summed E-state index contributed by atoms with van der Waals surface area (Å²) in [6.07, 6.45) is 1.16. The molecule has 1 amide bonds. The summed E-state index contributed by atoms with van der Waals surface area (Å²) >= 11 is 0. The van der Waals surface area contributed by atoms with Gasteiger partial charge in [-0.15, -0.1) is 0 Å². The predicted octanol–water partition coefficient (Wildman–Crippen LogP) is 2.80. The van der Waals surface area contributed by atoms with E-state index in [0.717, 1.165) is 17.8 Å². The average molecular weight is 384 g/mol. The largest absolute Gasteiger partial charge is 0.339 e. The van der Waals surface area contributed by atoms with Crippen LogP contribution in [-0.4, -0.2) is 39.2 Å². The summed E-state index contributed by atoms with van der Waals surface area (Å²) in [6, 6.07) is 12.7. The van der Waals surface area contributed by atoms with Crippen LogP contribution in [0, 0.1) is 17.6 Å². The first kappa shape index (κ1) is 18.0. The molecular weight excluding hydrogens is 366 g/mol. The molecule has 1 fully saturated rings. The van der Waals surface area contributed by atoms with Gasteiger partial charge in [-0.05, 0) is 47.5 Å². The van der Waals surface area contributed by atoms with Gasteiger partial charge in [0.05, 0.1) is 11.4 Å². The first-order chi connectivity index (χ1) is 13.6. The Morgan fingerprint density at radius 3 is 2.54 bits per heavy atom. The SMILES string of the molecule is O=C(Nc1ccc(F)cc1F)C1CCN(c2nnnn2-c2ccccc2)CC1. The third kappa shape index (κ3) is 3.68. The number of nitrogens with zero attached hydrogens (tertiary/aromatic N) is 5. The molecule has 4 rings (SSSR count). The molecule has 9 heteroatoms. The molecule has 1 aliphatic rings. The number of benzene rings is 2. The van der Waals surface area contributed by atoms with Crippen molar-refractivity contribution in [2.45, 2.75) is 12.8 Å². The van der Waals surface area contributed by atoms with E-state index in [2.05, 4.69) is 20.8 Å². The maximum Gasteiger partial charge on any atom is 0.250 e. The Kier molecular flexibility index (Phi) is 4.96. The lowest BCUT2D eigenvalue weighted by molar-refractivity contribution is -0.120. The van der Waals surface area contributed by atoms with Crippen LogP contribution in [0.5, 0.6) is 0 Å². The number of tetrazole rings is 1. The molecule has 1 aliphatic heterocycles. The van der Waals surface area contributed by atoms with Crippen molar-refractivity contribution in [1.29, 1.82) is 0 Å². The standard InChI is InChI=1S/C19H18F2N6O/c20-14-6-7-17(16(21)12-14)22-18(28)13-8-10-26(11-9-13)19-23-24-25-27(19)15-4-2-1-3-5-15/h1-7,12-13H,8-11H2,(H,22,28). The number of carbonyl (C=O) groups excluding carboxylic acids is 1. The summed E-state index contributed by atoms with van der Waals surface area (Å²) in [7, 11) is 0. The van der Waals surface area contributed by atoms with E-state index in [4.69, 9.17) is 0 Å². The van der Waals surface area contributed by atoms with Crippen LogP contribution in [0.4, 0.5) is 20.4 Å². The molecule has 0 spiro atoms. The van der Waals surface area contributed by atoms with Gasteiger partial charge in [0.2, 0.25) is 11.9 Å². The Hall–Kier alpha value is -3.36. The van der Waals surface area contributed by atoms with Gasteiger partial charge >= 0.3 is 0 Å². The molecule has 2 heterocycles. The highest BCUT2D eigenvalue weighted by molar-refractivity contribution is 5.92. The van der Waals surface area contributed by atoms with Crippen LogP contribution < -0.4 is 10.2 Å². The van der Waals surface area contributed by atoms with Crippen molar-refractivity contribution in [2.75, 3.05) is 23.3 Å². The van der Waals surface area contributed by atoms with Crippen molar-refractivity contribution in [3.05, 3.63) is 60.2 Å². The lowest BCUT2D eigenvalue weighted by Crippen LogP contribution is -2.39. The number of rotatable bonds is 4. The van der Waals surface area contributed by atoms with Gasteiger partial charge in [0.25, 0.3) is 0 Å². The van der Waals surface area contributed by atoms with Crippen LogP contribution in [0.1, 0.15) is 12.8 Å². The number of carbonyl (C=O) groups is 1. The molecule has 28 heavy (non-hydrogen) atoms. The number of aromatic nitrogens is 4. The Morgan fingerprint density at radius 1 is 1.07 bits per heavy atom. The Labute approximate surface area is 160 Å². The van der Waals surface area contributed by atoms with Gasteiger partial charge in [-0.25, -0.2) is 8.78 Å². The van der Waals surface area contributed by atoms with E-state index in [1.807, 2.05) is 35.2 Å². The number of hydrogen-bond acceptors (Lipinski definition) is 5. The molecule has 1 aromatic heterocycles. The molecule has 0 radical (unpaired) electrons. The van der Waals surface area contributed by atoms with Crippen LogP contribution >= 0.6 is 0 Å². The molecule has 0 unspecified atom stereocenters. The predicted molar refractivity (Wildman–Crippen MR) is 99.1 cm³/mol. The van der Waals surface area contributed by atoms with Gasteiger partial charge in [0.1, 0.15) is 11.6 Å². The second-order valence-corrected chi connectivity index (χ2v) is 6.60. The second kappa shape index (κ2) is 7.71. The van der Waals surface area contributed by atoms with E-state index < -0.39 is 11.6 Å². The van der Waals surface area contributed by atoms with Crippen molar-refractivity contribution in [3.63, 3.8) is 0 Å². The third-order valence-corrected chi connectivity index (χ3v) is 4.79. The minimum Gasteiger partial charge on any atom is -0.339 e. The Bertz CT molecular complexity index is 970. The monoisotopic (exact) mass is 384 g/mol. The fraction of sp³-hybridized carbons (Fsp3) is 0.263. The van der Waals surface area contributed by atoms with Crippen molar-refractivity contribution in [1.82, 2.24) is 20.2 Å². The van der Waals surface area contributed by atoms with E-state index in [1.165, 1.54) is 6.07 Å². The number of hydrogen-bond donors (Lipinski definition) is 1. The number of piperidine rings is 1. The summed E-state index contributed by atoms with van der Waals surface area (Å²) < 4.78 is 28.4. The van der Waals surface area contributed by atoms with Gasteiger partial charge in [0.15, 0.2) is 0 Å². The second-order valence-electron chi connectivity index (χ2n) is 6.60. The smallest absolute Gasteiger partial charge is 0.250 e. The van der Waals surface area contributed by atoms with Crippen LogP contribution in [0.3, 0.4) is 0 Å². The molecule has 3 aromatic rings. The fourth-order valence-electron chi connectivity index (χ4n) is 3.28. The minimum atomic E-state index is -0.784. The summed E-state index contributed by atoms with van der Waals surface area (Å²) in [5.41, 5.74) is 0.844. The molecule has 2 aromatic carbocycles. The highest BCUT2D eigenvalue weighted by Gasteiger charge is 2.28. The van der Waals surface area contributed by atoms with Gasteiger partial charge in [-0.3, -0.25) is 4.79 Å². The molecule has 144 valence electrons. The first-order valence-corrected chi connectivity index (χ1v) is 8.96. The van der Waals surface area contributed by atoms with Crippen molar-refractivity contribution >= 4 is 17.5 Å². The summed E-state index contributed by atoms with van der Waals surface area (Å²) in [5.74, 6) is -1.38.